The van der Waals surface area contributed by atoms with Gasteiger partial charge >= 0.3 is 0 Å². The second kappa shape index (κ2) is 8.95. The van der Waals surface area contributed by atoms with E-state index in [1.165, 1.54) is 30.0 Å². The average molecular weight is 431 g/mol. The molecule has 0 radical (unpaired) electrons. The Labute approximate surface area is 190 Å². The first-order valence-electron chi connectivity index (χ1n) is 11.6. The van der Waals surface area contributed by atoms with Gasteiger partial charge in [-0.3, -0.25) is 4.90 Å². The van der Waals surface area contributed by atoms with Crippen LogP contribution in [0.25, 0.3) is 0 Å². The van der Waals surface area contributed by atoms with Crippen LogP contribution in [-0.4, -0.2) is 44.2 Å². The number of ether oxygens (including phenoxy) is 1. The number of benzene rings is 3. The molecule has 3 aromatic carbocycles. The fraction of sp³-hybridized carbons (Fsp3) is 0.357. The number of para-hydroxylation sites is 1. The second-order valence-electron chi connectivity index (χ2n) is 9.06. The van der Waals surface area contributed by atoms with Crippen molar-refractivity contribution in [2.45, 2.75) is 30.8 Å². The molecule has 3 aliphatic heterocycles. The molecule has 0 spiro atoms. The van der Waals surface area contributed by atoms with Gasteiger partial charge in [-0.25, -0.2) is 4.39 Å². The standard InChI is InChI=1S/C28H31FN2O/c1-30(24-15-9-14-23(29)28(24)32-2)26-22-16-18-31(19-17-22)27(26)25(20-10-5-3-6-11-20)21-12-7-4-8-13-21/h3-15,22,25-27H,16-19H2,1-2H3/t26-,27-/m1/s1. The van der Waals surface area contributed by atoms with Gasteiger partial charge in [0.2, 0.25) is 0 Å². The minimum Gasteiger partial charge on any atom is -0.492 e. The minimum atomic E-state index is -0.308. The van der Waals surface area contributed by atoms with Crippen molar-refractivity contribution in [3.8, 4) is 5.75 Å². The third kappa shape index (κ3) is 3.67. The highest BCUT2D eigenvalue weighted by Gasteiger charge is 2.48. The summed E-state index contributed by atoms with van der Waals surface area (Å²) >= 11 is 0. The second-order valence-corrected chi connectivity index (χ2v) is 9.06. The van der Waals surface area contributed by atoms with Gasteiger partial charge in [0.05, 0.1) is 12.8 Å². The highest BCUT2D eigenvalue weighted by atomic mass is 19.1. The Bertz CT molecular complexity index is 994. The zero-order valence-corrected chi connectivity index (χ0v) is 18.8. The molecule has 0 unspecified atom stereocenters. The van der Waals surface area contributed by atoms with Gasteiger partial charge in [0.15, 0.2) is 11.6 Å². The molecule has 0 N–H and O–H groups in total. The van der Waals surface area contributed by atoms with Crippen LogP contribution in [0.4, 0.5) is 10.1 Å². The summed E-state index contributed by atoms with van der Waals surface area (Å²) in [5.74, 6) is 0.837. The van der Waals surface area contributed by atoms with Gasteiger partial charge in [0.1, 0.15) is 0 Å². The first-order valence-corrected chi connectivity index (χ1v) is 11.6. The van der Waals surface area contributed by atoms with Crippen molar-refractivity contribution in [2.75, 3.05) is 32.1 Å². The maximum atomic E-state index is 14.6. The molecule has 0 aliphatic carbocycles. The van der Waals surface area contributed by atoms with Gasteiger partial charge in [0.25, 0.3) is 0 Å². The molecule has 3 nitrogen and oxygen atoms in total. The van der Waals surface area contributed by atoms with E-state index in [2.05, 4.69) is 77.5 Å². The lowest BCUT2D eigenvalue weighted by molar-refractivity contribution is 0.0185. The predicted molar refractivity (Wildman–Crippen MR) is 128 cm³/mol. The SMILES string of the molecule is COc1c(F)cccc1N(C)[C@@H]1C2CCN(CC2)[C@@H]1C(c1ccccc1)c1ccccc1. The molecular weight excluding hydrogens is 399 g/mol. The normalized spacial score (nSPS) is 24.5. The van der Waals surface area contributed by atoms with Gasteiger partial charge in [-0.1, -0.05) is 66.7 Å². The zero-order chi connectivity index (χ0) is 22.1. The van der Waals surface area contributed by atoms with E-state index in [1.807, 2.05) is 6.07 Å². The van der Waals surface area contributed by atoms with Gasteiger partial charge in [-0.2, -0.15) is 0 Å². The first-order chi connectivity index (χ1) is 15.7. The lowest BCUT2D eigenvalue weighted by Gasteiger charge is -2.56. The fourth-order valence-electron chi connectivity index (χ4n) is 6.05. The topological polar surface area (TPSA) is 15.7 Å². The van der Waals surface area contributed by atoms with Crippen molar-refractivity contribution in [1.29, 1.82) is 0 Å². The number of methoxy groups -OCH3 is 1. The van der Waals surface area contributed by atoms with Crippen LogP contribution in [0.1, 0.15) is 29.9 Å². The predicted octanol–water partition coefficient (Wildman–Crippen LogP) is 5.57. The average Bonchev–Trinajstić information content (AvgIpc) is 2.85. The Kier molecular flexibility index (Phi) is 5.88. The third-order valence-electron chi connectivity index (χ3n) is 7.47. The molecule has 3 fully saturated rings. The molecule has 3 saturated heterocycles. The van der Waals surface area contributed by atoms with Crippen LogP contribution in [0.5, 0.6) is 5.75 Å². The third-order valence-corrected chi connectivity index (χ3v) is 7.47. The lowest BCUT2D eigenvalue weighted by Crippen LogP contribution is -2.65. The van der Waals surface area contributed by atoms with Crippen LogP contribution in [-0.2, 0) is 0 Å². The molecule has 166 valence electrons. The van der Waals surface area contributed by atoms with Crippen molar-refractivity contribution in [1.82, 2.24) is 4.90 Å². The summed E-state index contributed by atoms with van der Waals surface area (Å²) in [5.41, 5.74) is 3.50. The maximum Gasteiger partial charge on any atom is 0.177 e. The highest BCUT2D eigenvalue weighted by molar-refractivity contribution is 5.60. The molecule has 2 atom stereocenters. The van der Waals surface area contributed by atoms with E-state index in [0.717, 1.165) is 18.8 Å². The minimum absolute atomic E-state index is 0.243. The van der Waals surface area contributed by atoms with E-state index in [0.29, 0.717) is 17.7 Å². The van der Waals surface area contributed by atoms with Crippen LogP contribution in [0, 0.1) is 11.7 Å². The summed E-state index contributed by atoms with van der Waals surface area (Å²) in [4.78, 5) is 4.96. The van der Waals surface area contributed by atoms with Crippen LogP contribution in [0.2, 0.25) is 0 Å². The monoisotopic (exact) mass is 430 g/mol. The summed E-state index contributed by atoms with van der Waals surface area (Å²) in [7, 11) is 3.67. The molecule has 3 aliphatic rings. The van der Waals surface area contributed by atoms with Crippen molar-refractivity contribution >= 4 is 5.69 Å². The summed E-state index contributed by atoms with van der Waals surface area (Å²) in [6, 6.07) is 27.5. The van der Waals surface area contributed by atoms with Gasteiger partial charge < -0.3 is 9.64 Å². The van der Waals surface area contributed by atoms with Crippen molar-refractivity contribution < 1.29 is 9.13 Å². The maximum absolute atomic E-state index is 14.6. The largest absolute Gasteiger partial charge is 0.492 e. The van der Waals surface area contributed by atoms with Crippen molar-refractivity contribution in [2.24, 2.45) is 5.92 Å². The van der Waals surface area contributed by atoms with Gasteiger partial charge in [-0.05, 0) is 55.1 Å². The molecule has 3 heterocycles. The smallest absolute Gasteiger partial charge is 0.177 e. The number of rotatable bonds is 6. The van der Waals surface area contributed by atoms with E-state index in [9.17, 15) is 4.39 Å². The molecular formula is C28H31FN2O. The van der Waals surface area contributed by atoms with E-state index in [-0.39, 0.29) is 17.8 Å². The molecule has 2 bridgehead atoms. The number of likely N-dealkylation sites (N-methyl/N-ethyl adjacent to an activating group) is 1. The van der Waals surface area contributed by atoms with Crippen molar-refractivity contribution in [3.05, 3.63) is 95.8 Å². The van der Waals surface area contributed by atoms with Crippen LogP contribution >= 0.6 is 0 Å². The first kappa shape index (κ1) is 21.0. The number of nitrogens with zero attached hydrogens (tertiary/aromatic N) is 2. The Balaban J connectivity index is 1.62. The number of hydrogen-bond acceptors (Lipinski definition) is 3. The van der Waals surface area contributed by atoms with E-state index in [4.69, 9.17) is 4.74 Å². The molecule has 32 heavy (non-hydrogen) atoms. The summed E-state index contributed by atoms with van der Waals surface area (Å²) < 4.78 is 20.1. The Hall–Kier alpha value is -2.85. The summed E-state index contributed by atoms with van der Waals surface area (Å²) in [5, 5.41) is 0. The molecule has 6 rings (SSSR count). The quantitative estimate of drug-likeness (QED) is 0.509. The lowest BCUT2D eigenvalue weighted by atomic mass is 9.70. The molecule has 4 heteroatoms. The van der Waals surface area contributed by atoms with E-state index in [1.54, 1.807) is 13.2 Å². The number of halogens is 1. The summed E-state index contributed by atoms with van der Waals surface area (Å²) in [6.45, 7) is 2.24. The number of piperidine rings is 3. The summed E-state index contributed by atoms with van der Waals surface area (Å²) in [6.07, 6.45) is 2.36. The number of anilines is 1. The Morgan fingerprint density at radius 2 is 1.47 bits per heavy atom. The molecule has 3 aromatic rings. The van der Waals surface area contributed by atoms with Crippen LogP contribution < -0.4 is 9.64 Å². The fourth-order valence-corrected chi connectivity index (χ4v) is 6.05. The van der Waals surface area contributed by atoms with Crippen LogP contribution in [0.15, 0.2) is 78.9 Å². The Morgan fingerprint density at radius 3 is 2.03 bits per heavy atom. The van der Waals surface area contributed by atoms with E-state index < -0.39 is 0 Å². The van der Waals surface area contributed by atoms with Gasteiger partial charge in [-0.15, -0.1) is 0 Å². The number of hydrogen-bond donors (Lipinski definition) is 0. The molecule has 0 aromatic heterocycles. The highest BCUT2D eigenvalue weighted by Crippen LogP contribution is 2.46. The van der Waals surface area contributed by atoms with E-state index >= 15 is 0 Å². The molecule has 0 amide bonds. The Morgan fingerprint density at radius 1 is 0.875 bits per heavy atom. The van der Waals surface area contributed by atoms with Crippen LogP contribution in [0.3, 0.4) is 0 Å². The molecule has 0 saturated carbocycles. The number of fused-ring (bicyclic) bond motifs is 3. The van der Waals surface area contributed by atoms with Crippen molar-refractivity contribution in [3.63, 3.8) is 0 Å². The van der Waals surface area contributed by atoms with Gasteiger partial charge in [0, 0.05) is 25.0 Å². The zero-order valence-electron chi connectivity index (χ0n) is 18.8.